The Morgan fingerprint density at radius 3 is 2.90 bits per heavy atom. The Balaban J connectivity index is 2.03. The molecule has 7 heteroatoms. The molecule has 2 aromatic heterocycles. The van der Waals surface area contributed by atoms with Crippen LogP contribution in [0.15, 0.2) is 34.3 Å². The molecule has 3 heterocycles. The molecule has 0 saturated carbocycles. The van der Waals surface area contributed by atoms with Crippen molar-refractivity contribution in [2.45, 2.75) is 0 Å². The summed E-state index contributed by atoms with van der Waals surface area (Å²) in [5.41, 5.74) is 7.80. The van der Waals surface area contributed by atoms with Gasteiger partial charge in [0.2, 0.25) is 0 Å². The molecule has 0 spiro atoms. The molecule has 0 saturated heterocycles. The van der Waals surface area contributed by atoms with E-state index >= 15 is 0 Å². The maximum absolute atomic E-state index is 11.5. The molecule has 1 aliphatic heterocycles. The third-order valence-electron chi connectivity index (χ3n) is 2.60. The summed E-state index contributed by atoms with van der Waals surface area (Å²) in [5.74, 6) is -0.363. The first-order valence-electron chi connectivity index (χ1n) is 5.60. The Morgan fingerprint density at radius 2 is 2.20 bits per heavy atom. The van der Waals surface area contributed by atoms with Gasteiger partial charge in [0, 0.05) is 6.20 Å². The van der Waals surface area contributed by atoms with E-state index in [2.05, 4.69) is 15.0 Å². The molecule has 1 amide bonds. The van der Waals surface area contributed by atoms with Gasteiger partial charge in [-0.2, -0.15) is 10.3 Å². The van der Waals surface area contributed by atoms with E-state index in [1.807, 2.05) is 6.07 Å². The number of carbonyl (C=O) groups excluding carboxylic acids is 1. The van der Waals surface area contributed by atoms with Crippen LogP contribution in [-0.4, -0.2) is 21.0 Å². The summed E-state index contributed by atoms with van der Waals surface area (Å²) >= 11 is 1.11. The second-order valence-corrected chi connectivity index (χ2v) is 5.04. The quantitative estimate of drug-likeness (QED) is 0.793. The van der Waals surface area contributed by atoms with Gasteiger partial charge in [-0.15, -0.1) is 0 Å². The van der Waals surface area contributed by atoms with Crippen LogP contribution >= 0.6 is 11.8 Å². The number of amides is 1. The van der Waals surface area contributed by atoms with Gasteiger partial charge in [-0.3, -0.25) is 9.78 Å². The fourth-order valence-corrected chi connectivity index (χ4v) is 2.39. The van der Waals surface area contributed by atoms with Crippen LogP contribution < -0.4 is 5.73 Å². The van der Waals surface area contributed by atoms with Crippen LogP contribution in [0.1, 0.15) is 11.3 Å². The number of carbonyl (C=O) groups is 1. The highest BCUT2D eigenvalue weighted by molar-refractivity contribution is 8.18. The Labute approximate surface area is 118 Å². The zero-order valence-corrected chi connectivity index (χ0v) is 10.9. The zero-order valence-electron chi connectivity index (χ0n) is 10.1. The van der Waals surface area contributed by atoms with Crippen LogP contribution in [0, 0.1) is 11.3 Å². The normalized spacial score (nSPS) is 16.4. The molecule has 6 nitrogen and oxygen atoms in total. The van der Waals surface area contributed by atoms with Gasteiger partial charge >= 0.3 is 0 Å². The topological polar surface area (TPSA) is 105 Å². The van der Waals surface area contributed by atoms with Crippen LogP contribution in [0.25, 0.3) is 17.1 Å². The van der Waals surface area contributed by atoms with Gasteiger partial charge in [-0.05, 0) is 36.0 Å². The number of nitrogens with two attached hydrogens (primary N) is 1. The molecule has 0 aromatic carbocycles. The Kier molecular flexibility index (Phi) is 2.93. The SMILES string of the molecule is N#Cc1cnc2ccc(/C=C3\SC(N)=NC3=O)nc2c1. The lowest BCUT2D eigenvalue weighted by atomic mass is 10.2. The lowest BCUT2D eigenvalue weighted by molar-refractivity contribution is -0.113. The summed E-state index contributed by atoms with van der Waals surface area (Å²) in [7, 11) is 0. The minimum Gasteiger partial charge on any atom is -0.378 e. The minimum absolute atomic E-state index is 0.232. The molecule has 2 N–H and O–H groups in total. The number of hydrogen-bond donors (Lipinski definition) is 1. The molecule has 0 unspecified atom stereocenters. The average Bonchev–Trinajstić information content (AvgIpc) is 2.76. The highest BCUT2D eigenvalue weighted by Crippen LogP contribution is 2.26. The Bertz CT molecular complexity index is 834. The third-order valence-corrected chi connectivity index (χ3v) is 3.42. The van der Waals surface area contributed by atoms with E-state index in [-0.39, 0.29) is 11.1 Å². The number of amidine groups is 1. The van der Waals surface area contributed by atoms with Gasteiger partial charge in [0.15, 0.2) is 5.17 Å². The predicted octanol–water partition coefficient (Wildman–Crippen LogP) is 1.43. The second kappa shape index (κ2) is 4.75. The lowest BCUT2D eigenvalue weighted by Crippen LogP contribution is -2.01. The summed E-state index contributed by atoms with van der Waals surface area (Å²) in [5, 5.41) is 9.09. The summed E-state index contributed by atoms with van der Waals surface area (Å²) in [6.45, 7) is 0. The number of fused-ring (bicyclic) bond motifs is 1. The molecular weight excluding hydrogens is 274 g/mol. The first-order chi connectivity index (χ1) is 9.65. The molecule has 20 heavy (non-hydrogen) atoms. The highest BCUT2D eigenvalue weighted by atomic mass is 32.2. The van der Waals surface area contributed by atoms with Crippen LogP contribution in [0.3, 0.4) is 0 Å². The summed E-state index contributed by atoms with van der Waals surface area (Å²) in [4.78, 5) is 24.1. The number of nitriles is 1. The number of hydrogen-bond acceptors (Lipinski definition) is 6. The van der Waals surface area contributed by atoms with E-state index < -0.39 is 0 Å². The van der Waals surface area contributed by atoms with E-state index in [4.69, 9.17) is 11.0 Å². The Hall–Kier alpha value is -2.72. The first kappa shape index (κ1) is 12.3. The fourth-order valence-electron chi connectivity index (χ4n) is 1.72. The van der Waals surface area contributed by atoms with Gasteiger partial charge in [-0.25, -0.2) is 4.98 Å². The molecule has 3 rings (SSSR count). The van der Waals surface area contributed by atoms with Crippen molar-refractivity contribution in [2.24, 2.45) is 10.7 Å². The van der Waals surface area contributed by atoms with Crippen molar-refractivity contribution in [3.05, 3.63) is 40.6 Å². The predicted molar refractivity (Wildman–Crippen MR) is 76.5 cm³/mol. The average molecular weight is 281 g/mol. The number of rotatable bonds is 1. The summed E-state index contributed by atoms with van der Waals surface area (Å²) in [6.07, 6.45) is 3.11. The van der Waals surface area contributed by atoms with Gasteiger partial charge in [0.05, 0.1) is 27.2 Å². The first-order valence-corrected chi connectivity index (χ1v) is 6.42. The number of pyridine rings is 2. The molecule has 0 radical (unpaired) electrons. The number of nitrogens with zero attached hydrogens (tertiary/aromatic N) is 4. The number of aromatic nitrogens is 2. The van der Waals surface area contributed by atoms with Crippen molar-refractivity contribution in [3.8, 4) is 6.07 Å². The van der Waals surface area contributed by atoms with E-state index in [0.717, 1.165) is 11.8 Å². The van der Waals surface area contributed by atoms with Gasteiger partial charge in [0.1, 0.15) is 6.07 Å². The molecule has 1 aliphatic rings. The van der Waals surface area contributed by atoms with Gasteiger partial charge in [0.25, 0.3) is 5.91 Å². The van der Waals surface area contributed by atoms with Crippen LogP contribution in [-0.2, 0) is 4.79 Å². The second-order valence-electron chi connectivity index (χ2n) is 3.98. The van der Waals surface area contributed by atoms with Crippen molar-refractivity contribution in [2.75, 3.05) is 0 Å². The number of thioether (sulfide) groups is 1. The maximum Gasteiger partial charge on any atom is 0.286 e. The van der Waals surface area contributed by atoms with Crippen LogP contribution in [0.2, 0.25) is 0 Å². The molecule has 0 atom stereocenters. The molecule has 96 valence electrons. The van der Waals surface area contributed by atoms with Crippen molar-refractivity contribution in [1.82, 2.24) is 9.97 Å². The van der Waals surface area contributed by atoms with E-state index in [1.165, 1.54) is 6.20 Å². The molecule has 0 fully saturated rings. The van der Waals surface area contributed by atoms with Crippen molar-refractivity contribution < 1.29 is 4.79 Å². The smallest absolute Gasteiger partial charge is 0.286 e. The minimum atomic E-state index is -0.363. The molecule has 2 aromatic rings. The molecule has 0 bridgehead atoms. The largest absolute Gasteiger partial charge is 0.378 e. The zero-order chi connectivity index (χ0) is 14.1. The molecular formula is C13H7N5OS. The van der Waals surface area contributed by atoms with Crippen LogP contribution in [0.4, 0.5) is 0 Å². The fraction of sp³-hybridized carbons (Fsp3) is 0. The van der Waals surface area contributed by atoms with Crippen molar-refractivity contribution >= 4 is 39.9 Å². The van der Waals surface area contributed by atoms with E-state index in [9.17, 15) is 4.79 Å². The monoisotopic (exact) mass is 281 g/mol. The lowest BCUT2D eigenvalue weighted by Gasteiger charge is -1.99. The van der Waals surface area contributed by atoms with Crippen molar-refractivity contribution in [1.29, 1.82) is 5.26 Å². The Morgan fingerprint density at radius 1 is 1.35 bits per heavy atom. The summed E-state index contributed by atoms with van der Waals surface area (Å²) in [6, 6.07) is 7.19. The van der Waals surface area contributed by atoms with Crippen molar-refractivity contribution in [3.63, 3.8) is 0 Å². The van der Waals surface area contributed by atoms with Gasteiger partial charge in [-0.1, -0.05) is 0 Å². The third kappa shape index (κ3) is 2.24. The van der Waals surface area contributed by atoms with Gasteiger partial charge < -0.3 is 5.73 Å². The maximum atomic E-state index is 11.5. The van der Waals surface area contributed by atoms with Crippen LogP contribution in [0.5, 0.6) is 0 Å². The van der Waals surface area contributed by atoms with E-state index in [0.29, 0.717) is 27.2 Å². The standard InChI is InChI=1S/C13H7N5OS/c14-5-7-3-10-9(16-6-7)2-1-8(17-10)4-11-12(19)18-13(15)20-11/h1-4,6H,(H2,15,18,19)/b11-4-. The summed E-state index contributed by atoms with van der Waals surface area (Å²) < 4.78 is 0. The molecule has 0 aliphatic carbocycles. The number of aliphatic imine (C=N–C) groups is 1. The van der Waals surface area contributed by atoms with E-state index in [1.54, 1.807) is 24.3 Å². The highest BCUT2D eigenvalue weighted by Gasteiger charge is 2.19.